The molecule has 1 aliphatic rings. The predicted molar refractivity (Wildman–Crippen MR) is 87.2 cm³/mol. The molecular weight excluding hydrogens is 276 g/mol. The van der Waals surface area contributed by atoms with Gasteiger partial charge in [0.15, 0.2) is 0 Å². The fourth-order valence-corrected chi connectivity index (χ4v) is 3.19. The van der Waals surface area contributed by atoms with Crippen LogP contribution < -0.4 is 0 Å². The molecule has 1 aromatic heterocycles. The third-order valence-electron chi connectivity index (χ3n) is 4.47. The van der Waals surface area contributed by atoms with Gasteiger partial charge in [-0.25, -0.2) is 0 Å². The number of hydrogen-bond donors (Lipinski definition) is 1. The van der Waals surface area contributed by atoms with Gasteiger partial charge in [0.1, 0.15) is 0 Å². The van der Waals surface area contributed by atoms with E-state index in [9.17, 15) is 9.90 Å². The summed E-state index contributed by atoms with van der Waals surface area (Å²) in [6, 6.07) is 6.26. The Morgan fingerprint density at radius 3 is 2.86 bits per heavy atom. The summed E-state index contributed by atoms with van der Waals surface area (Å²) in [5, 5.41) is 10.3. The molecule has 1 aromatic carbocycles. The van der Waals surface area contributed by atoms with E-state index in [4.69, 9.17) is 4.98 Å². The van der Waals surface area contributed by atoms with E-state index in [1.165, 1.54) is 5.56 Å². The normalized spacial score (nSPS) is 15.3. The van der Waals surface area contributed by atoms with Crippen LogP contribution in [0.15, 0.2) is 18.2 Å². The maximum atomic E-state index is 11.4. The van der Waals surface area contributed by atoms with Gasteiger partial charge in [-0.15, -0.1) is 0 Å². The van der Waals surface area contributed by atoms with Crippen molar-refractivity contribution in [2.75, 3.05) is 13.6 Å². The first-order valence-corrected chi connectivity index (χ1v) is 7.80. The molecule has 0 fully saturated rings. The van der Waals surface area contributed by atoms with E-state index in [2.05, 4.69) is 37.9 Å². The number of nitrogens with zero attached hydrogens (tertiary/aromatic N) is 2. The summed E-state index contributed by atoms with van der Waals surface area (Å²) in [6.07, 6.45) is 0.955. The summed E-state index contributed by atoms with van der Waals surface area (Å²) in [4.78, 5) is 18.4. The minimum absolute atomic E-state index is 0.0662. The number of benzene rings is 1. The molecule has 0 saturated heterocycles. The van der Waals surface area contributed by atoms with E-state index in [-0.39, 0.29) is 6.42 Å². The third-order valence-corrected chi connectivity index (χ3v) is 4.47. The summed E-state index contributed by atoms with van der Waals surface area (Å²) < 4.78 is 0. The van der Waals surface area contributed by atoms with Gasteiger partial charge in [-0.1, -0.05) is 19.9 Å². The van der Waals surface area contributed by atoms with Gasteiger partial charge in [0.25, 0.3) is 0 Å². The monoisotopic (exact) mass is 298 g/mol. The molecule has 0 aliphatic carbocycles. The maximum absolute atomic E-state index is 11.4. The smallest absolute Gasteiger partial charge is 0.307 e. The fraction of sp³-hybridized carbons (Fsp3) is 0.444. The van der Waals surface area contributed by atoms with Gasteiger partial charge in [0, 0.05) is 30.6 Å². The highest BCUT2D eigenvalue weighted by atomic mass is 16.4. The van der Waals surface area contributed by atoms with Gasteiger partial charge in [-0.3, -0.25) is 9.78 Å². The Morgan fingerprint density at radius 2 is 2.18 bits per heavy atom. The van der Waals surface area contributed by atoms with Crippen molar-refractivity contribution in [3.63, 3.8) is 0 Å². The van der Waals surface area contributed by atoms with E-state index in [1.807, 2.05) is 6.07 Å². The van der Waals surface area contributed by atoms with Crippen molar-refractivity contribution in [2.45, 2.75) is 39.2 Å². The molecule has 0 atom stereocenters. The molecule has 2 heterocycles. The van der Waals surface area contributed by atoms with Crippen LogP contribution >= 0.6 is 0 Å². The highest BCUT2D eigenvalue weighted by Gasteiger charge is 2.22. The van der Waals surface area contributed by atoms with E-state index >= 15 is 0 Å². The Balaban J connectivity index is 2.26. The molecule has 4 heteroatoms. The zero-order chi connectivity index (χ0) is 15.9. The number of hydrogen-bond acceptors (Lipinski definition) is 3. The first-order chi connectivity index (χ1) is 10.5. The maximum Gasteiger partial charge on any atom is 0.307 e. The first kappa shape index (κ1) is 15.0. The second-order valence-corrected chi connectivity index (χ2v) is 6.51. The molecule has 0 amide bonds. The van der Waals surface area contributed by atoms with Crippen LogP contribution in [0.3, 0.4) is 0 Å². The Bertz CT molecular complexity index is 737. The van der Waals surface area contributed by atoms with Crippen LogP contribution in [0, 0.1) is 0 Å². The second kappa shape index (κ2) is 5.69. The predicted octanol–water partition coefficient (Wildman–Crippen LogP) is 2.97. The van der Waals surface area contributed by atoms with Gasteiger partial charge >= 0.3 is 5.97 Å². The quantitative estimate of drug-likeness (QED) is 0.946. The molecule has 22 heavy (non-hydrogen) atoms. The minimum atomic E-state index is -0.780. The number of likely N-dealkylation sites (N-methyl/N-ethyl adjacent to an activating group) is 1. The first-order valence-electron chi connectivity index (χ1n) is 7.80. The van der Waals surface area contributed by atoms with Crippen LogP contribution in [0.25, 0.3) is 10.9 Å². The molecule has 0 bridgehead atoms. The van der Waals surface area contributed by atoms with Crippen LogP contribution in [0.2, 0.25) is 0 Å². The number of carboxylic acid groups (broad SMARTS) is 1. The zero-order valence-electron chi connectivity index (χ0n) is 13.4. The van der Waals surface area contributed by atoms with Crippen LogP contribution in [0.1, 0.15) is 42.1 Å². The Morgan fingerprint density at radius 1 is 1.41 bits per heavy atom. The second-order valence-electron chi connectivity index (χ2n) is 6.51. The Kier molecular flexibility index (Phi) is 3.87. The Labute approximate surface area is 130 Å². The van der Waals surface area contributed by atoms with Crippen molar-refractivity contribution in [3.05, 3.63) is 40.6 Å². The van der Waals surface area contributed by atoms with Gasteiger partial charge < -0.3 is 10.0 Å². The number of pyridine rings is 1. The lowest BCUT2D eigenvalue weighted by molar-refractivity contribution is -0.136. The standard InChI is InChI=1S/C18H22N2O2/c1-11(2)12-4-5-16-14(8-12)13(9-18(21)22)15-10-20(3)7-6-17(15)19-16/h4-5,8,11H,6-7,9-10H2,1-3H3,(H,21,22). The summed E-state index contributed by atoms with van der Waals surface area (Å²) >= 11 is 0. The number of aliphatic carboxylic acids is 1. The SMILES string of the molecule is CC(C)c1ccc2nc3c(c(CC(=O)O)c2c1)CN(C)CC3. The average Bonchev–Trinajstić information content (AvgIpc) is 2.46. The number of carbonyl (C=O) groups is 1. The van der Waals surface area contributed by atoms with Crippen molar-refractivity contribution in [3.8, 4) is 0 Å². The number of carboxylic acids is 1. The molecule has 0 saturated carbocycles. The highest BCUT2D eigenvalue weighted by Crippen LogP contribution is 2.30. The van der Waals surface area contributed by atoms with Crippen molar-refractivity contribution in [1.29, 1.82) is 0 Å². The molecule has 3 rings (SSSR count). The number of fused-ring (bicyclic) bond motifs is 2. The van der Waals surface area contributed by atoms with Crippen molar-refractivity contribution < 1.29 is 9.90 Å². The lowest BCUT2D eigenvalue weighted by Gasteiger charge is -2.27. The lowest BCUT2D eigenvalue weighted by Crippen LogP contribution is -2.29. The molecule has 0 spiro atoms. The molecule has 116 valence electrons. The molecule has 2 aromatic rings. The van der Waals surface area contributed by atoms with Gasteiger partial charge in [0.2, 0.25) is 0 Å². The minimum Gasteiger partial charge on any atom is -0.481 e. The summed E-state index contributed by atoms with van der Waals surface area (Å²) in [7, 11) is 2.07. The fourth-order valence-electron chi connectivity index (χ4n) is 3.19. The number of rotatable bonds is 3. The zero-order valence-corrected chi connectivity index (χ0v) is 13.4. The molecular formula is C18H22N2O2. The highest BCUT2D eigenvalue weighted by molar-refractivity contribution is 5.88. The molecule has 0 unspecified atom stereocenters. The largest absolute Gasteiger partial charge is 0.481 e. The topological polar surface area (TPSA) is 53.4 Å². The van der Waals surface area contributed by atoms with E-state index in [1.54, 1.807) is 0 Å². The third kappa shape index (κ3) is 2.71. The van der Waals surface area contributed by atoms with Crippen LogP contribution in [0.5, 0.6) is 0 Å². The Hall–Kier alpha value is -1.94. The molecule has 4 nitrogen and oxygen atoms in total. The van der Waals surface area contributed by atoms with Crippen molar-refractivity contribution in [2.24, 2.45) is 0 Å². The van der Waals surface area contributed by atoms with Gasteiger partial charge in [-0.2, -0.15) is 0 Å². The number of aromatic nitrogens is 1. The van der Waals surface area contributed by atoms with Crippen LogP contribution in [-0.2, 0) is 24.2 Å². The summed E-state index contributed by atoms with van der Waals surface area (Å²) in [5.74, 6) is -0.362. The van der Waals surface area contributed by atoms with Crippen molar-refractivity contribution >= 4 is 16.9 Å². The summed E-state index contributed by atoms with van der Waals surface area (Å²) in [5.41, 5.74) is 5.28. The van der Waals surface area contributed by atoms with Gasteiger partial charge in [0.05, 0.1) is 11.9 Å². The van der Waals surface area contributed by atoms with Crippen molar-refractivity contribution in [1.82, 2.24) is 9.88 Å². The van der Waals surface area contributed by atoms with E-state index < -0.39 is 5.97 Å². The van der Waals surface area contributed by atoms with Crippen LogP contribution in [-0.4, -0.2) is 34.6 Å². The van der Waals surface area contributed by atoms with Gasteiger partial charge in [-0.05, 0) is 41.8 Å². The molecule has 1 N–H and O–H groups in total. The van der Waals surface area contributed by atoms with E-state index in [0.29, 0.717) is 5.92 Å². The average molecular weight is 298 g/mol. The molecule has 1 aliphatic heterocycles. The van der Waals surface area contributed by atoms with E-state index in [0.717, 1.165) is 47.2 Å². The lowest BCUT2D eigenvalue weighted by atomic mass is 9.92. The molecule has 0 radical (unpaired) electrons. The van der Waals surface area contributed by atoms with Crippen LogP contribution in [0.4, 0.5) is 0 Å². The summed E-state index contributed by atoms with van der Waals surface area (Å²) in [6.45, 7) is 6.06.